The van der Waals surface area contributed by atoms with Crippen LogP contribution in [0.2, 0.25) is 0 Å². The van der Waals surface area contributed by atoms with Gasteiger partial charge in [-0.05, 0) is 54.5 Å². The van der Waals surface area contributed by atoms with Gasteiger partial charge in [-0.3, -0.25) is 0 Å². The number of amides is 1. The van der Waals surface area contributed by atoms with Crippen molar-refractivity contribution in [1.29, 1.82) is 0 Å². The van der Waals surface area contributed by atoms with E-state index >= 15 is 0 Å². The highest BCUT2D eigenvalue weighted by Gasteiger charge is 2.26. The average molecular weight is 409 g/mol. The number of hydrogen-bond donors (Lipinski definition) is 1. The van der Waals surface area contributed by atoms with E-state index in [1.54, 1.807) is 28.8 Å². The number of nitrogens with zero attached hydrogens (tertiary/aromatic N) is 5. The normalized spacial score (nSPS) is 15.0. The summed E-state index contributed by atoms with van der Waals surface area (Å²) in [4.78, 5) is 14.6. The van der Waals surface area contributed by atoms with E-state index in [1.165, 1.54) is 12.1 Å². The molecule has 0 spiro atoms. The van der Waals surface area contributed by atoms with Gasteiger partial charge in [0.2, 0.25) is 0 Å². The van der Waals surface area contributed by atoms with Crippen LogP contribution in [0, 0.1) is 5.82 Å². The molecule has 1 aromatic heterocycles. The van der Waals surface area contributed by atoms with Crippen LogP contribution in [-0.4, -0.2) is 63.2 Å². The average Bonchev–Trinajstić information content (AvgIpc) is 3.18. The number of likely N-dealkylation sites (tertiary alicyclic amines) is 1. The second-order valence-corrected chi connectivity index (χ2v) is 7.60. The highest BCUT2D eigenvalue weighted by molar-refractivity contribution is 7.99. The molecule has 1 fully saturated rings. The van der Waals surface area contributed by atoms with E-state index in [9.17, 15) is 9.18 Å². The zero-order chi connectivity index (χ0) is 19.8. The van der Waals surface area contributed by atoms with Crippen molar-refractivity contribution in [2.75, 3.05) is 32.0 Å². The molecule has 1 saturated heterocycles. The van der Waals surface area contributed by atoms with E-state index in [-0.39, 0.29) is 18.0 Å². The minimum absolute atomic E-state index is 0.186. The zero-order valence-corrected chi connectivity index (χ0v) is 16.7. The minimum atomic E-state index is -0.252. The summed E-state index contributed by atoms with van der Waals surface area (Å²) in [6.07, 6.45) is 1.35. The molecule has 0 saturated carbocycles. The molecule has 0 aliphatic carbocycles. The molecule has 1 aromatic carbocycles. The zero-order valence-electron chi connectivity index (χ0n) is 15.9. The van der Waals surface area contributed by atoms with Gasteiger partial charge < -0.3 is 15.0 Å². The van der Waals surface area contributed by atoms with E-state index in [0.29, 0.717) is 26.2 Å². The monoisotopic (exact) mass is 408 g/mol. The van der Waals surface area contributed by atoms with Crippen molar-refractivity contribution in [1.82, 2.24) is 30.4 Å². The fourth-order valence-corrected chi connectivity index (χ4v) is 3.90. The highest BCUT2D eigenvalue weighted by atomic mass is 32.2. The first-order valence-electron chi connectivity index (χ1n) is 9.45. The lowest BCUT2D eigenvalue weighted by Crippen LogP contribution is -2.40. The Bertz CT molecular complexity index is 749. The van der Waals surface area contributed by atoms with Crippen LogP contribution in [0.1, 0.15) is 31.6 Å². The van der Waals surface area contributed by atoms with Gasteiger partial charge in [-0.1, -0.05) is 0 Å². The van der Waals surface area contributed by atoms with Gasteiger partial charge in [0.15, 0.2) is 5.82 Å². The van der Waals surface area contributed by atoms with Gasteiger partial charge in [0, 0.05) is 30.3 Å². The van der Waals surface area contributed by atoms with Gasteiger partial charge in [-0.2, -0.15) is 0 Å². The van der Waals surface area contributed by atoms with Crippen LogP contribution in [0.5, 0.6) is 0 Å². The van der Waals surface area contributed by atoms with Gasteiger partial charge in [-0.25, -0.2) is 13.9 Å². The van der Waals surface area contributed by atoms with Crippen LogP contribution in [0.25, 0.3) is 0 Å². The summed E-state index contributed by atoms with van der Waals surface area (Å²) in [7, 11) is 0. The van der Waals surface area contributed by atoms with E-state index in [1.807, 2.05) is 11.6 Å². The number of piperidine rings is 1. The molecule has 1 aliphatic rings. The molecule has 8 nitrogen and oxygen atoms in total. The first kappa shape index (κ1) is 20.5. The summed E-state index contributed by atoms with van der Waals surface area (Å²) in [6, 6.07) is 6.69. The molecular weight excluding hydrogens is 383 g/mol. The second kappa shape index (κ2) is 10.4. The number of hydrogen-bond acceptors (Lipinski definition) is 7. The third kappa shape index (κ3) is 5.65. The number of ether oxygens (including phenoxy) is 1. The molecule has 1 amide bonds. The largest absolute Gasteiger partial charge is 0.450 e. The maximum absolute atomic E-state index is 12.9. The molecule has 1 N–H and O–H groups in total. The van der Waals surface area contributed by atoms with Crippen LogP contribution in [-0.2, 0) is 11.3 Å². The number of carbonyl (C=O) groups is 1. The molecule has 152 valence electrons. The maximum Gasteiger partial charge on any atom is 0.409 e. The molecule has 2 heterocycles. The Labute approximate surface area is 167 Å². The second-order valence-electron chi connectivity index (χ2n) is 6.44. The van der Waals surface area contributed by atoms with Crippen LogP contribution >= 0.6 is 11.8 Å². The van der Waals surface area contributed by atoms with E-state index in [4.69, 9.17) is 4.74 Å². The van der Waals surface area contributed by atoms with Crippen molar-refractivity contribution in [3.63, 3.8) is 0 Å². The molecule has 0 radical (unpaired) electrons. The van der Waals surface area contributed by atoms with Gasteiger partial charge in [0.25, 0.3) is 0 Å². The highest BCUT2D eigenvalue weighted by Crippen LogP contribution is 2.23. The Morgan fingerprint density at radius 2 is 2.07 bits per heavy atom. The van der Waals surface area contributed by atoms with Crippen molar-refractivity contribution >= 4 is 17.9 Å². The number of aromatic nitrogens is 4. The number of halogens is 1. The Hall–Kier alpha value is -2.20. The number of carbonyl (C=O) groups excluding carboxylic acids is 1. The van der Waals surface area contributed by atoms with Crippen LogP contribution in [0.4, 0.5) is 9.18 Å². The molecular formula is C18H25FN6O2S. The summed E-state index contributed by atoms with van der Waals surface area (Å²) < 4.78 is 19.8. The van der Waals surface area contributed by atoms with Gasteiger partial charge in [0.05, 0.1) is 19.2 Å². The summed E-state index contributed by atoms with van der Waals surface area (Å²) in [5.41, 5.74) is 0. The predicted octanol–water partition coefficient (Wildman–Crippen LogP) is 2.49. The molecule has 10 heteroatoms. The Morgan fingerprint density at radius 3 is 2.79 bits per heavy atom. The molecule has 3 rings (SSSR count). The topological polar surface area (TPSA) is 85.2 Å². The Morgan fingerprint density at radius 1 is 1.32 bits per heavy atom. The summed E-state index contributed by atoms with van der Waals surface area (Å²) in [5, 5.41) is 15.4. The number of benzene rings is 1. The number of tetrazole rings is 1. The van der Waals surface area contributed by atoms with Gasteiger partial charge in [0.1, 0.15) is 5.82 Å². The third-order valence-electron chi connectivity index (χ3n) is 4.54. The molecule has 0 atom stereocenters. The quantitative estimate of drug-likeness (QED) is 0.530. The molecule has 28 heavy (non-hydrogen) atoms. The minimum Gasteiger partial charge on any atom is -0.450 e. The number of nitrogens with one attached hydrogen (secondary N) is 1. The standard InChI is InChI=1S/C18H25FN6O2S/c1-2-27-18(26)24-10-7-15(8-11-24)25-17(21-22-23-25)13-20-9-12-28-16-5-3-14(19)4-6-16/h3-6,15,20H,2,7-13H2,1H3. The van der Waals surface area contributed by atoms with Crippen molar-refractivity contribution in [2.45, 2.75) is 37.2 Å². The van der Waals surface area contributed by atoms with E-state index in [0.717, 1.165) is 35.9 Å². The molecule has 0 bridgehead atoms. The predicted molar refractivity (Wildman–Crippen MR) is 104 cm³/mol. The summed E-state index contributed by atoms with van der Waals surface area (Å²) in [5.74, 6) is 1.44. The van der Waals surface area contributed by atoms with Crippen molar-refractivity contribution in [2.24, 2.45) is 0 Å². The Kier molecular flexibility index (Phi) is 7.61. The summed E-state index contributed by atoms with van der Waals surface area (Å²) in [6.45, 7) is 4.85. The van der Waals surface area contributed by atoms with Crippen LogP contribution in [0.15, 0.2) is 29.2 Å². The maximum atomic E-state index is 12.9. The molecule has 0 unspecified atom stereocenters. The lowest BCUT2D eigenvalue weighted by Gasteiger charge is -2.31. The third-order valence-corrected chi connectivity index (χ3v) is 5.56. The fraction of sp³-hybridized carbons (Fsp3) is 0.556. The van der Waals surface area contributed by atoms with Crippen molar-refractivity contribution < 1.29 is 13.9 Å². The van der Waals surface area contributed by atoms with E-state index in [2.05, 4.69) is 20.8 Å². The molecule has 2 aromatic rings. The van der Waals surface area contributed by atoms with Crippen molar-refractivity contribution in [3.8, 4) is 0 Å². The first-order chi connectivity index (χ1) is 13.7. The SMILES string of the molecule is CCOC(=O)N1CCC(n2nnnc2CNCCSc2ccc(F)cc2)CC1. The van der Waals surface area contributed by atoms with Gasteiger partial charge in [-0.15, -0.1) is 16.9 Å². The van der Waals surface area contributed by atoms with Crippen LogP contribution in [0.3, 0.4) is 0 Å². The van der Waals surface area contributed by atoms with Gasteiger partial charge >= 0.3 is 6.09 Å². The first-order valence-corrected chi connectivity index (χ1v) is 10.4. The lowest BCUT2D eigenvalue weighted by atomic mass is 10.1. The van der Waals surface area contributed by atoms with Crippen LogP contribution < -0.4 is 5.32 Å². The summed E-state index contributed by atoms with van der Waals surface area (Å²) >= 11 is 1.67. The molecule has 1 aliphatic heterocycles. The fourth-order valence-electron chi connectivity index (χ4n) is 3.09. The lowest BCUT2D eigenvalue weighted by molar-refractivity contribution is 0.0910. The van der Waals surface area contributed by atoms with E-state index < -0.39 is 0 Å². The number of thioether (sulfide) groups is 1. The van der Waals surface area contributed by atoms with Crippen molar-refractivity contribution in [3.05, 3.63) is 35.9 Å². The smallest absolute Gasteiger partial charge is 0.409 e. The Balaban J connectivity index is 1.40. The number of rotatable bonds is 8.